The molecule has 0 spiro atoms. The van der Waals surface area contributed by atoms with Crippen molar-refractivity contribution in [3.05, 3.63) is 83.9 Å². The van der Waals surface area contributed by atoms with Gasteiger partial charge in [-0.3, -0.25) is 0 Å². The summed E-state index contributed by atoms with van der Waals surface area (Å²) in [6, 6.07) is 24.8. The number of para-hydroxylation sites is 4. The van der Waals surface area contributed by atoms with Crippen LogP contribution in [0.5, 0.6) is 0 Å². The highest BCUT2D eigenvalue weighted by Gasteiger charge is 2.20. The van der Waals surface area contributed by atoms with Crippen LogP contribution in [-0.2, 0) is 0 Å². The van der Waals surface area contributed by atoms with Gasteiger partial charge in [0, 0.05) is 24.0 Å². The number of hydrogen-bond donors (Lipinski definition) is 1. The van der Waals surface area contributed by atoms with Crippen molar-refractivity contribution in [1.29, 1.82) is 0 Å². The van der Waals surface area contributed by atoms with Crippen LogP contribution in [0, 0.1) is 6.92 Å². The summed E-state index contributed by atoms with van der Waals surface area (Å²) in [5, 5.41) is 3.51. The average molecular weight is 313 g/mol. The molecule has 0 amide bonds. The number of fused-ring (bicyclic) bond motifs is 2. The Bertz CT molecular complexity index is 928. The van der Waals surface area contributed by atoms with Crippen molar-refractivity contribution in [2.75, 3.05) is 17.3 Å². The van der Waals surface area contributed by atoms with Crippen molar-refractivity contribution >= 4 is 28.6 Å². The van der Waals surface area contributed by atoms with E-state index in [-0.39, 0.29) is 0 Å². The molecule has 0 bridgehead atoms. The third kappa shape index (κ3) is 2.44. The minimum atomic E-state index is 0.942. The molecular formula is C21H19N3. The fourth-order valence-corrected chi connectivity index (χ4v) is 3.09. The number of aryl methyl sites for hydroxylation is 1. The van der Waals surface area contributed by atoms with E-state index < -0.39 is 0 Å². The van der Waals surface area contributed by atoms with E-state index in [0.29, 0.717) is 0 Å². The van der Waals surface area contributed by atoms with E-state index in [1.807, 2.05) is 24.3 Å². The predicted molar refractivity (Wildman–Crippen MR) is 102 cm³/mol. The first-order valence-electron chi connectivity index (χ1n) is 8.07. The highest BCUT2D eigenvalue weighted by molar-refractivity contribution is 6.15. The number of anilines is 3. The summed E-state index contributed by atoms with van der Waals surface area (Å²) < 4.78 is 0. The van der Waals surface area contributed by atoms with E-state index in [0.717, 1.165) is 34.1 Å². The summed E-state index contributed by atoms with van der Waals surface area (Å²) in [4.78, 5) is 7.14. The summed E-state index contributed by atoms with van der Waals surface area (Å²) in [6.45, 7) is 2.13. The lowest BCUT2D eigenvalue weighted by Crippen LogP contribution is -2.28. The topological polar surface area (TPSA) is 27.6 Å². The molecule has 1 aliphatic rings. The van der Waals surface area contributed by atoms with Gasteiger partial charge in [-0.1, -0.05) is 42.5 Å². The number of aliphatic imine (C=N–C) groups is 1. The van der Waals surface area contributed by atoms with Gasteiger partial charge in [0.15, 0.2) is 0 Å². The van der Waals surface area contributed by atoms with E-state index in [4.69, 9.17) is 4.99 Å². The Morgan fingerprint density at radius 2 is 1.46 bits per heavy atom. The molecule has 118 valence electrons. The lowest BCUT2D eigenvalue weighted by Gasteiger charge is -2.24. The Balaban J connectivity index is 1.92. The first-order valence-corrected chi connectivity index (χ1v) is 8.07. The molecule has 0 radical (unpaired) electrons. The molecule has 0 saturated heterocycles. The molecule has 4 rings (SSSR count). The van der Waals surface area contributed by atoms with Gasteiger partial charge in [0.2, 0.25) is 0 Å². The van der Waals surface area contributed by atoms with E-state index in [1.54, 1.807) is 0 Å². The molecule has 0 unspecified atom stereocenters. The summed E-state index contributed by atoms with van der Waals surface area (Å²) in [7, 11) is 2.08. The molecule has 1 aliphatic heterocycles. The molecule has 3 aromatic rings. The predicted octanol–water partition coefficient (Wildman–Crippen LogP) is 5.27. The molecule has 1 heterocycles. The van der Waals surface area contributed by atoms with Gasteiger partial charge in [0.05, 0.1) is 11.4 Å². The van der Waals surface area contributed by atoms with Gasteiger partial charge in [-0.2, -0.15) is 0 Å². The van der Waals surface area contributed by atoms with Gasteiger partial charge in [0.25, 0.3) is 0 Å². The molecule has 0 aromatic heterocycles. The Hall–Kier alpha value is -3.07. The van der Waals surface area contributed by atoms with Gasteiger partial charge in [-0.05, 0) is 42.8 Å². The molecule has 24 heavy (non-hydrogen) atoms. The smallest absolute Gasteiger partial charge is 0.142 e. The second-order valence-electron chi connectivity index (χ2n) is 5.97. The Morgan fingerprint density at radius 1 is 0.792 bits per heavy atom. The Kier molecular flexibility index (Phi) is 3.54. The van der Waals surface area contributed by atoms with Gasteiger partial charge in [0.1, 0.15) is 5.84 Å². The van der Waals surface area contributed by atoms with Gasteiger partial charge in [-0.25, -0.2) is 4.99 Å². The standard InChI is InChI=1S/C21H19N3/c1-15-9-3-8-14-20(15)24(2)21-16-10-4-5-11-17(16)22-18-12-6-7-13-19(18)23-21/h3-14,22H,1-2H3. The molecule has 0 saturated carbocycles. The minimum absolute atomic E-state index is 0.942. The van der Waals surface area contributed by atoms with Gasteiger partial charge >= 0.3 is 0 Å². The Labute approximate surface area is 142 Å². The summed E-state index contributed by atoms with van der Waals surface area (Å²) >= 11 is 0. The SMILES string of the molecule is Cc1ccccc1N(C)C1=Nc2ccccc2Nc2ccccc21. The largest absolute Gasteiger partial charge is 0.353 e. The molecule has 3 nitrogen and oxygen atoms in total. The third-order valence-corrected chi connectivity index (χ3v) is 4.36. The van der Waals surface area contributed by atoms with Crippen LogP contribution in [0.1, 0.15) is 11.1 Å². The maximum absolute atomic E-state index is 4.98. The number of nitrogens with zero attached hydrogens (tertiary/aromatic N) is 2. The fourth-order valence-electron chi connectivity index (χ4n) is 3.09. The van der Waals surface area contributed by atoms with Crippen LogP contribution in [0.3, 0.4) is 0 Å². The van der Waals surface area contributed by atoms with Crippen molar-refractivity contribution in [2.24, 2.45) is 4.99 Å². The van der Waals surface area contributed by atoms with Crippen molar-refractivity contribution in [2.45, 2.75) is 6.92 Å². The molecule has 0 fully saturated rings. The molecule has 0 atom stereocenters. The lowest BCUT2D eigenvalue weighted by molar-refractivity contribution is 1.22. The number of rotatable bonds is 1. The monoisotopic (exact) mass is 313 g/mol. The minimum Gasteiger partial charge on any atom is -0.353 e. The van der Waals surface area contributed by atoms with E-state index in [9.17, 15) is 0 Å². The number of benzene rings is 3. The second-order valence-corrected chi connectivity index (χ2v) is 5.97. The zero-order chi connectivity index (χ0) is 16.5. The summed E-state index contributed by atoms with van der Waals surface area (Å²) in [5.41, 5.74) is 6.53. The first kappa shape index (κ1) is 14.5. The molecule has 1 N–H and O–H groups in total. The average Bonchev–Trinajstić information content (AvgIpc) is 2.78. The van der Waals surface area contributed by atoms with Crippen LogP contribution in [-0.4, -0.2) is 12.9 Å². The molecule has 3 heteroatoms. The van der Waals surface area contributed by atoms with Crippen molar-refractivity contribution in [3.8, 4) is 0 Å². The van der Waals surface area contributed by atoms with Gasteiger partial charge < -0.3 is 10.2 Å². The highest BCUT2D eigenvalue weighted by Crippen LogP contribution is 2.35. The van der Waals surface area contributed by atoms with E-state index in [1.165, 1.54) is 5.56 Å². The van der Waals surface area contributed by atoms with Crippen LogP contribution < -0.4 is 10.2 Å². The number of amidine groups is 1. The van der Waals surface area contributed by atoms with Crippen molar-refractivity contribution in [3.63, 3.8) is 0 Å². The summed E-state index contributed by atoms with van der Waals surface area (Å²) in [6.07, 6.45) is 0. The first-order chi connectivity index (χ1) is 11.7. The number of hydrogen-bond acceptors (Lipinski definition) is 3. The van der Waals surface area contributed by atoms with Crippen molar-refractivity contribution < 1.29 is 0 Å². The zero-order valence-electron chi connectivity index (χ0n) is 13.8. The molecule has 0 aliphatic carbocycles. The normalized spacial score (nSPS) is 12.3. The Morgan fingerprint density at radius 3 is 2.29 bits per heavy atom. The van der Waals surface area contributed by atoms with E-state index >= 15 is 0 Å². The molecule has 3 aromatic carbocycles. The quantitative estimate of drug-likeness (QED) is 0.663. The lowest BCUT2D eigenvalue weighted by atomic mass is 10.1. The van der Waals surface area contributed by atoms with Crippen LogP contribution in [0.15, 0.2) is 77.8 Å². The van der Waals surface area contributed by atoms with Crippen LogP contribution in [0.2, 0.25) is 0 Å². The maximum atomic E-state index is 4.98. The summed E-state index contributed by atoms with van der Waals surface area (Å²) in [5.74, 6) is 0.942. The molecular weight excluding hydrogens is 294 g/mol. The zero-order valence-corrected chi connectivity index (χ0v) is 13.8. The second kappa shape index (κ2) is 5.85. The maximum Gasteiger partial charge on any atom is 0.142 e. The highest BCUT2D eigenvalue weighted by atomic mass is 15.2. The van der Waals surface area contributed by atoms with Gasteiger partial charge in [-0.15, -0.1) is 0 Å². The number of nitrogens with one attached hydrogen (secondary N) is 1. The van der Waals surface area contributed by atoms with Crippen LogP contribution in [0.25, 0.3) is 0 Å². The van der Waals surface area contributed by atoms with Crippen LogP contribution in [0.4, 0.5) is 22.7 Å². The fraction of sp³-hybridized carbons (Fsp3) is 0.0952. The third-order valence-electron chi connectivity index (χ3n) is 4.36. The van der Waals surface area contributed by atoms with Crippen molar-refractivity contribution in [1.82, 2.24) is 0 Å². The van der Waals surface area contributed by atoms with E-state index in [2.05, 4.69) is 72.7 Å². The van der Waals surface area contributed by atoms with Crippen LogP contribution >= 0.6 is 0 Å².